The second-order valence-corrected chi connectivity index (χ2v) is 5.91. The predicted octanol–water partition coefficient (Wildman–Crippen LogP) is 0.372. The normalized spacial score (nSPS) is 22.7. The number of hydrogen-bond donors (Lipinski definition) is 4. The Morgan fingerprint density at radius 1 is 1.36 bits per heavy atom. The summed E-state index contributed by atoms with van der Waals surface area (Å²) in [6, 6.07) is 1.95. The number of aromatic nitrogens is 2. The molecule has 1 amide bonds. The van der Waals surface area contributed by atoms with Crippen molar-refractivity contribution in [2.75, 3.05) is 36.8 Å². The Morgan fingerprint density at radius 3 is 2.86 bits per heavy atom. The average molecular weight is 306 g/mol. The molecule has 0 aliphatic carbocycles. The Morgan fingerprint density at radius 2 is 2.14 bits per heavy atom. The monoisotopic (exact) mass is 306 g/mol. The topological polar surface area (TPSA) is 116 Å². The molecule has 3 rings (SSSR count). The molecule has 1 aromatic heterocycles. The standard InChI is InChI=1S/C14H22N6O2/c15-13-18-11(9-1-4-16-5-2-9)7-12(19-13)20-6-3-10(8-20)17-14(21)22/h7,9-10,16-17H,1-6,8H2,(H,21,22)(H2,15,18,19). The van der Waals surface area contributed by atoms with Gasteiger partial charge >= 0.3 is 6.09 Å². The van der Waals surface area contributed by atoms with E-state index in [2.05, 4.69) is 25.5 Å². The van der Waals surface area contributed by atoms with E-state index in [1.807, 2.05) is 6.07 Å². The van der Waals surface area contributed by atoms with Crippen LogP contribution in [0.15, 0.2) is 6.07 Å². The van der Waals surface area contributed by atoms with Gasteiger partial charge in [-0.3, -0.25) is 0 Å². The van der Waals surface area contributed by atoms with Crippen molar-refractivity contribution in [1.82, 2.24) is 20.6 Å². The van der Waals surface area contributed by atoms with Crippen LogP contribution in [0.4, 0.5) is 16.6 Å². The molecule has 0 bridgehead atoms. The molecule has 0 saturated carbocycles. The number of anilines is 2. The van der Waals surface area contributed by atoms with Crippen LogP contribution in [0.3, 0.4) is 0 Å². The molecule has 3 heterocycles. The Hall–Kier alpha value is -2.09. The fraction of sp³-hybridized carbons (Fsp3) is 0.643. The molecule has 2 aliphatic heterocycles. The molecule has 22 heavy (non-hydrogen) atoms. The summed E-state index contributed by atoms with van der Waals surface area (Å²) in [6.45, 7) is 3.39. The highest BCUT2D eigenvalue weighted by Crippen LogP contribution is 2.28. The van der Waals surface area contributed by atoms with E-state index in [4.69, 9.17) is 10.8 Å². The molecule has 2 saturated heterocycles. The molecule has 120 valence electrons. The molecule has 8 nitrogen and oxygen atoms in total. The van der Waals surface area contributed by atoms with Crippen molar-refractivity contribution in [3.8, 4) is 0 Å². The highest BCUT2D eigenvalue weighted by Gasteiger charge is 2.26. The van der Waals surface area contributed by atoms with E-state index in [-0.39, 0.29) is 6.04 Å². The fourth-order valence-corrected chi connectivity index (χ4v) is 3.22. The molecular formula is C14H22N6O2. The second-order valence-electron chi connectivity index (χ2n) is 5.91. The molecule has 8 heteroatoms. The lowest BCUT2D eigenvalue weighted by Crippen LogP contribution is -2.36. The zero-order valence-corrected chi connectivity index (χ0v) is 12.5. The second kappa shape index (κ2) is 6.35. The number of nitrogens with two attached hydrogens (primary N) is 1. The van der Waals surface area contributed by atoms with E-state index in [0.717, 1.165) is 50.4 Å². The molecule has 1 aromatic rings. The minimum absolute atomic E-state index is 0.0592. The van der Waals surface area contributed by atoms with E-state index in [0.29, 0.717) is 18.4 Å². The van der Waals surface area contributed by atoms with Crippen molar-refractivity contribution in [3.05, 3.63) is 11.8 Å². The summed E-state index contributed by atoms with van der Waals surface area (Å²) in [7, 11) is 0. The van der Waals surface area contributed by atoms with Gasteiger partial charge in [0.2, 0.25) is 5.95 Å². The van der Waals surface area contributed by atoms with Crippen LogP contribution in [-0.2, 0) is 0 Å². The summed E-state index contributed by atoms with van der Waals surface area (Å²) < 4.78 is 0. The SMILES string of the molecule is Nc1nc(C2CCNCC2)cc(N2CCC(NC(=O)O)C2)n1. The van der Waals surface area contributed by atoms with E-state index in [1.165, 1.54) is 0 Å². The first-order chi connectivity index (χ1) is 10.6. The third kappa shape index (κ3) is 3.38. The number of amides is 1. The molecule has 1 unspecified atom stereocenters. The lowest BCUT2D eigenvalue weighted by Gasteiger charge is -2.24. The minimum Gasteiger partial charge on any atom is -0.465 e. The maximum atomic E-state index is 10.7. The van der Waals surface area contributed by atoms with Gasteiger partial charge in [-0.1, -0.05) is 0 Å². The lowest BCUT2D eigenvalue weighted by molar-refractivity contribution is 0.191. The molecule has 0 spiro atoms. The van der Waals surface area contributed by atoms with Crippen molar-refractivity contribution >= 4 is 17.9 Å². The van der Waals surface area contributed by atoms with Crippen molar-refractivity contribution < 1.29 is 9.90 Å². The Kier molecular flexibility index (Phi) is 4.28. The van der Waals surface area contributed by atoms with Gasteiger partial charge in [0.15, 0.2) is 0 Å². The first-order valence-electron chi connectivity index (χ1n) is 7.71. The molecule has 1 atom stereocenters. The Balaban J connectivity index is 1.73. The van der Waals surface area contributed by atoms with Crippen molar-refractivity contribution in [2.45, 2.75) is 31.2 Å². The summed E-state index contributed by atoms with van der Waals surface area (Å²) in [6.07, 6.45) is 1.90. The predicted molar refractivity (Wildman–Crippen MR) is 83.1 cm³/mol. The Bertz CT molecular complexity index is 546. The highest BCUT2D eigenvalue weighted by atomic mass is 16.4. The number of nitrogens with one attached hydrogen (secondary N) is 2. The number of carboxylic acid groups (broad SMARTS) is 1. The van der Waals surface area contributed by atoms with Crippen LogP contribution in [0.25, 0.3) is 0 Å². The summed E-state index contributed by atoms with van der Waals surface area (Å²) in [5.41, 5.74) is 6.87. The van der Waals surface area contributed by atoms with Crippen LogP contribution in [0, 0.1) is 0 Å². The van der Waals surface area contributed by atoms with Crippen LogP contribution >= 0.6 is 0 Å². The summed E-state index contributed by atoms with van der Waals surface area (Å²) in [4.78, 5) is 21.5. The van der Waals surface area contributed by atoms with Gasteiger partial charge in [0.1, 0.15) is 5.82 Å². The first kappa shape index (κ1) is 14.8. The molecule has 0 radical (unpaired) electrons. The van der Waals surface area contributed by atoms with Crippen molar-refractivity contribution in [3.63, 3.8) is 0 Å². The van der Waals surface area contributed by atoms with Crippen molar-refractivity contribution in [1.29, 1.82) is 0 Å². The van der Waals surface area contributed by atoms with Gasteiger partial charge in [0, 0.05) is 25.1 Å². The molecule has 2 aliphatic rings. The van der Waals surface area contributed by atoms with Gasteiger partial charge < -0.3 is 26.4 Å². The third-order valence-corrected chi connectivity index (χ3v) is 4.35. The summed E-state index contributed by atoms with van der Waals surface area (Å²) in [5, 5.41) is 14.7. The number of piperidine rings is 1. The fourth-order valence-electron chi connectivity index (χ4n) is 3.22. The van der Waals surface area contributed by atoms with E-state index < -0.39 is 6.09 Å². The largest absolute Gasteiger partial charge is 0.465 e. The minimum atomic E-state index is -0.982. The van der Waals surface area contributed by atoms with E-state index in [1.54, 1.807) is 0 Å². The quantitative estimate of drug-likeness (QED) is 0.637. The van der Waals surface area contributed by atoms with Crippen LogP contribution in [0.5, 0.6) is 0 Å². The van der Waals surface area contributed by atoms with Crippen molar-refractivity contribution in [2.24, 2.45) is 0 Å². The van der Waals surface area contributed by atoms with Crippen LogP contribution in [-0.4, -0.2) is 53.4 Å². The highest BCUT2D eigenvalue weighted by molar-refractivity contribution is 5.65. The number of hydrogen-bond acceptors (Lipinski definition) is 6. The van der Waals surface area contributed by atoms with Gasteiger partial charge in [-0.15, -0.1) is 0 Å². The molecule has 0 aromatic carbocycles. The van der Waals surface area contributed by atoms with Gasteiger partial charge in [-0.05, 0) is 32.4 Å². The third-order valence-electron chi connectivity index (χ3n) is 4.35. The number of carbonyl (C=O) groups is 1. The maximum Gasteiger partial charge on any atom is 0.404 e. The van der Waals surface area contributed by atoms with Gasteiger partial charge in [0.25, 0.3) is 0 Å². The number of nitrogens with zero attached hydrogens (tertiary/aromatic N) is 3. The van der Waals surface area contributed by atoms with E-state index in [9.17, 15) is 4.79 Å². The average Bonchev–Trinajstić information content (AvgIpc) is 2.95. The van der Waals surface area contributed by atoms with E-state index >= 15 is 0 Å². The van der Waals surface area contributed by atoms with Gasteiger partial charge in [-0.2, -0.15) is 4.98 Å². The smallest absolute Gasteiger partial charge is 0.404 e. The zero-order valence-electron chi connectivity index (χ0n) is 12.5. The lowest BCUT2D eigenvalue weighted by atomic mass is 9.94. The number of nitrogen functional groups attached to an aromatic ring is 1. The van der Waals surface area contributed by atoms with Gasteiger partial charge in [-0.25, -0.2) is 9.78 Å². The summed E-state index contributed by atoms with van der Waals surface area (Å²) in [5.74, 6) is 1.51. The maximum absolute atomic E-state index is 10.7. The van der Waals surface area contributed by atoms with Gasteiger partial charge in [0.05, 0.1) is 11.7 Å². The van der Waals surface area contributed by atoms with Crippen LogP contribution in [0.2, 0.25) is 0 Å². The molecule has 5 N–H and O–H groups in total. The zero-order chi connectivity index (χ0) is 15.5. The molecule has 2 fully saturated rings. The van der Waals surface area contributed by atoms with Crippen LogP contribution < -0.4 is 21.3 Å². The first-order valence-corrected chi connectivity index (χ1v) is 7.71. The summed E-state index contributed by atoms with van der Waals surface area (Å²) >= 11 is 0. The number of rotatable bonds is 3. The molecular weight excluding hydrogens is 284 g/mol. The Labute approximate surface area is 129 Å². The van der Waals surface area contributed by atoms with Crippen LogP contribution in [0.1, 0.15) is 30.9 Å².